The van der Waals surface area contributed by atoms with Gasteiger partial charge in [0, 0.05) is 31.7 Å². The molecule has 2 aromatic rings. The highest BCUT2D eigenvalue weighted by Crippen LogP contribution is 2.29. The zero-order chi connectivity index (χ0) is 19.6. The van der Waals surface area contributed by atoms with Crippen LogP contribution in [-0.4, -0.2) is 38.0 Å². The fraction of sp³-hybridized carbons (Fsp3) is 0.400. The molecular formula is C20H26ClFN2O3. The molecule has 2 rings (SSSR count). The van der Waals surface area contributed by atoms with Crippen LogP contribution in [0.1, 0.15) is 18.1 Å². The van der Waals surface area contributed by atoms with Gasteiger partial charge in [-0.25, -0.2) is 4.39 Å². The van der Waals surface area contributed by atoms with Gasteiger partial charge in [-0.3, -0.25) is 0 Å². The highest BCUT2D eigenvalue weighted by Gasteiger charge is 2.08. The van der Waals surface area contributed by atoms with Gasteiger partial charge in [-0.15, -0.1) is 0 Å². The van der Waals surface area contributed by atoms with Crippen molar-refractivity contribution in [2.24, 2.45) is 0 Å². The Hall–Kier alpha value is -1.86. The lowest BCUT2D eigenvalue weighted by atomic mass is 10.2. The molecule has 0 unspecified atom stereocenters. The molecule has 0 saturated carbocycles. The van der Waals surface area contributed by atoms with E-state index in [0.29, 0.717) is 35.2 Å². The minimum atomic E-state index is -0.376. The highest BCUT2D eigenvalue weighted by molar-refractivity contribution is 6.31. The number of aliphatic hydroxyl groups is 1. The van der Waals surface area contributed by atoms with Crippen LogP contribution in [0, 0.1) is 5.82 Å². The number of hydrogen-bond donors (Lipinski definition) is 3. The summed E-state index contributed by atoms with van der Waals surface area (Å²) in [4.78, 5) is 0. The average molecular weight is 397 g/mol. The van der Waals surface area contributed by atoms with Gasteiger partial charge < -0.3 is 25.2 Å². The van der Waals surface area contributed by atoms with Crippen molar-refractivity contribution in [3.05, 3.63) is 58.4 Å². The third kappa shape index (κ3) is 7.34. The van der Waals surface area contributed by atoms with Crippen molar-refractivity contribution < 1.29 is 19.0 Å². The van der Waals surface area contributed by atoms with Crippen molar-refractivity contribution >= 4 is 11.6 Å². The molecule has 5 nitrogen and oxygen atoms in total. The summed E-state index contributed by atoms with van der Waals surface area (Å²) >= 11 is 6.03. The van der Waals surface area contributed by atoms with E-state index in [-0.39, 0.29) is 18.5 Å². The van der Waals surface area contributed by atoms with Gasteiger partial charge in [-0.2, -0.15) is 0 Å². The lowest BCUT2D eigenvalue weighted by Gasteiger charge is -2.13. The molecule has 0 radical (unpaired) electrons. The van der Waals surface area contributed by atoms with Gasteiger partial charge in [0.2, 0.25) is 0 Å². The summed E-state index contributed by atoms with van der Waals surface area (Å²) in [5.41, 5.74) is 1.77. The van der Waals surface area contributed by atoms with E-state index >= 15 is 0 Å². The van der Waals surface area contributed by atoms with E-state index in [0.717, 1.165) is 18.7 Å². The van der Waals surface area contributed by atoms with Crippen LogP contribution in [0.4, 0.5) is 4.39 Å². The highest BCUT2D eigenvalue weighted by atomic mass is 35.5. The molecular weight excluding hydrogens is 371 g/mol. The minimum Gasteiger partial charge on any atom is -0.493 e. The SMILES string of the molecule is COc1cc(CNCCNC[C@H](C)O)ccc1OCc1ccc(F)cc1Cl. The first kappa shape index (κ1) is 21.4. The van der Waals surface area contributed by atoms with E-state index in [2.05, 4.69) is 10.6 Å². The summed E-state index contributed by atoms with van der Waals surface area (Å²) in [5.74, 6) is 0.847. The van der Waals surface area contributed by atoms with Crippen molar-refractivity contribution in [2.45, 2.75) is 26.2 Å². The summed E-state index contributed by atoms with van der Waals surface area (Å²) in [6.07, 6.45) is -0.341. The standard InChI is InChI=1S/C20H26ClFN2O3/c1-14(25)11-23-7-8-24-12-15-3-6-19(20(9-15)26-2)27-13-16-4-5-17(22)10-18(16)21/h3-6,9-10,14,23-25H,7-8,11-13H2,1-2H3/t14-/m0/s1. The molecule has 1 atom stereocenters. The number of nitrogens with one attached hydrogen (secondary N) is 2. The Morgan fingerprint density at radius 1 is 1.11 bits per heavy atom. The number of hydrogen-bond acceptors (Lipinski definition) is 5. The molecule has 3 N–H and O–H groups in total. The summed E-state index contributed by atoms with van der Waals surface area (Å²) in [7, 11) is 1.59. The van der Waals surface area contributed by atoms with E-state index in [1.54, 1.807) is 20.1 Å². The molecule has 0 amide bonds. The molecule has 0 bridgehead atoms. The molecule has 0 aliphatic carbocycles. The van der Waals surface area contributed by atoms with E-state index in [4.69, 9.17) is 21.1 Å². The Balaban J connectivity index is 1.86. The molecule has 0 spiro atoms. The van der Waals surface area contributed by atoms with E-state index in [1.807, 2.05) is 18.2 Å². The van der Waals surface area contributed by atoms with Crippen LogP contribution in [0.15, 0.2) is 36.4 Å². The molecule has 0 fully saturated rings. The number of benzene rings is 2. The predicted octanol–water partition coefficient (Wildman–Crippen LogP) is 3.13. The van der Waals surface area contributed by atoms with Crippen molar-refractivity contribution in [1.29, 1.82) is 0 Å². The van der Waals surface area contributed by atoms with Crippen LogP contribution in [0.3, 0.4) is 0 Å². The molecule has 0 saturated heterocycles. The fourth-order valence-electron chi connectivity index (χ4n) is 2.46. The predicted molar refractivity (Wildman–Crippen MR) is 105 cm³/mol. The number of ether oxygens (including phenoxy) is 2. The summed E-state index contributed by atoms with van der Waals surface area (Å²) < 4.78 is 24.3. The largest absolute Gasteiger partial charge is 0.493 e. The van der Waals surface area contributed by atoms with Gasteiger partial charge in [-0.05, 0) is 36.8 Å². The molecule has 0 aromatic heterocycles. The Labute approximate surface area is 164 Å². The quantitative estimate of drug-likeness (QED) is 0.509. The lowest BCUT2D eigenvalue weighted by Crippen LogP contribution is -2.31. The molecule has 2 aromatic carbocycles. The normalized spacial score (nSPS) is 12.0. The Bertz CT molecular complexity index is 728. The average Bonchev–Trinajstić information content (AvgIpc) is 2.64. The first-order valence-corrected chi connectivity index (χ1v) is 9.20. The minimum absolute atomic E-state index is 0.224. The third-order valence-electron chi connectivity index (χ3n) is 3.87. The van der Waals surface area contributed by atoms with Crippen molar-refractivity contribution in [3.63, 3.8) is 0 Å². The van der Waals surface area contributed by atoms with E-state index in [1.165, 1.54) is 12.1 Å². The van der Waals surface area contributed by atoms with Crippen molar-refractivity contribution in [3.8, 4) is 11.5 Å². The van der Waals surface area contributed by atoms with Gasteiger partial charge in [0.15, 0.2) is 11.5 Å². The maximum Gasteiger partial charge on any atom is 0.161 e. The second-order valence-electron chi connectivity index (χ2n) is 6.24. The topological polar surface area (TPSA) is 62.8 Å². The second-order valence-corrected chi connectivity index (χ2v) is 6.65. The van der Waals surface area contributed by atoms with Crippen LogP contribution < -0.4 is 20.1 Å². The Morgan fingerprint density at radius 2 is 1.89 bits per heavy atom. The zero-order valence-electron chi connectivity index (χ0n) is 15.6. The van der Waals surface area contributed by atoms with Crippen LogP contribution in [0.25, 0.3) is 0 Å². The number of rotatable bonds is 11. The lowest BCUT2D eigenvalue weighted by molar-refractivity contribution is 0.191. The first-order chi connectivity index (χ1) is 13.0. The number of aliphatic hydroxyl groups excluding tert-OH is 1. The van der Waals surface area contributed by atoms with Gasteiger partial charge in [-0.1, -0.05) is 23.7 Å². The second kappa shape index (κ2) is 11.1. The smallest absolute Gasteiger partial charge is 0.161 e. The molecule has 0 aliphatic rings. The zero-order valence-corrected chi connectivity index (χ0v) is 16.4. The first-order valence-electron chi connectivity index (χ1n) is 8.82. The molecule has 0 heterocycles. The van der Waals surface area contributed by atoms with Crippen molar-refractivity contribution in [1.82, 2.24) is 10.6 Å². The molecule has 0 aliphatic heterocycles. The van der Waals surface area contributed by atoms with Crippen LogP contribution in [-0.2, 0) is 13.2 Å². The number of halogens is 2. The van der Waals surface area contributed by atoms with Crippen LogP contribution in [0.2, 0.25) is 5.02 Å². The summed E-state index contributed by atoms with van der Waals surface area (Å²) in [5, 5.41) is 16.0. The Morgan fingerprint density at radius 3 is 2.59 bits per heavy atom. The van der Waals surface area contributed by atoms with Gasteiger partial charge >= 0.3 is 0 Å². The van der Waals surface area contributed by atoms with Crippen LogP contribution in [0.5, 0.6) is 11.5 Å². The maximum absolute atomic E-state index is 13.1. The van der Waals surface area contributed by atoms with Gasteiger partial charge in [0.1, 0.15) is 12.4 Å². The van der Waals surface area contributed by atoms with E-state index in [9.17, 15) is 9.50 Å². The summed E-state index contributed by atoms with van der Waals surface area (Å²) in [6, 6.07) is 9.94. The third-order valence-corrected chi connectivity index (χ3v) is 4.23. The number of methoxy groups -OCH3 is 1. The molecule has 148 valence electrons. The summed E-state index contributed by atoms with van der Waals surface area (Å²) in [6.45, 7) is 4.82. The maximum atomic E-state index is 13.1. The monoisotopic (exact) mass is 396 g/mol. The van der Waals surface area contributed by atoms with Crippen molar-refractivity contribution in [2.75, 3.05) is 26.7 Å². The van der Waals surface area contributed by atoms with E-state index < -0.39 is 0 Å². The van der Waals surface area contributed by atoms with Gasteiger partial charge in [0.05, 0.1) is 18.2 Å². The Kier molecular flexibility index (Phi) is 8.81. The molecule has 27 heavy (non-hydrogen) atoms. The molecule has 7 heteroatoms. The van der Waals surface area contributed by atoms with Crippen LogP contribution >= 0.6 is 11.6 Å². The van der Waals surface area contributed by atoms with Gasteiger partial charge in [0.25, 0.3) is 0 Å². The fourth-order valence-corrected chi connectivity index (χ4v) is 2.68.